The number of hydrogen-bond acceptors (Lipinski definition) is 5. The fourth-order valence-electron chi connectivity index (χ4n) is 4.74. The Balaban J connectivity index is 1.25. The van der Waals surface area contributed by atoms with Crippen molar-refractivity contribution in [3.63, 3.8) is 0 Å². The Hall–Kier alpha value is -2.96. The molecule has 186 valence electrons. The molecule has 2 heterocycles. The minimum atomic E-state index is -0.362. The molecule has 0 spiro atoms. The van der Waals surface area contributed by atoms with E-state index in [0.29, 0.717) is 12.3 Å². The zero-order chi connectivity index (χ0) is 24.5. The topological polar surface area (TPSA) is 53.1 Å². The van der Waals surface area contributed by atoms with Gasteiger partial charge in [-0.2, -0.15) is 0 Å². The lowest BCUT2D eigenvalue weighted by Crippen LogP contribution is -2.52. The number of rotatable bonds is 11. The molecule has 2 fully saturated rings. The zero-order valence-corrected chi connectivity index (χ0v) is 20.8. The summed E-state index contributed by atoms with van der Waals surface area (Å²) in [6, 6.07) is 17.3. The Bertz CT molecular complexity index is 982. The van der Waals surface area contributed by atoms with Crippen LogP contribution in [0.25, 0.3) is 6.08 Å². The normalized spacial score (nSPS) is 19.7. The van der Waals surface area contributed by atoms with E-state index in [0.717, 1.165) is 44.9 Å². The SMILES string of the molecule is CCCCCCOc1ccc(N2C(=O)C[C@H](N3CCN(C/C=C/c4ccccc4)CC3)C2=O)cc1. The first-order valence-electron chi connectivity index (χ1n) is 12.9. The number of piperazine rings is 1. The zero-order valence-electron chi connectivity index (χ0n) is 20.8. The van der Waals surface area contributed by atoms with E-state index in [4.69, 9.17) is 4.74 Å². The van der Waals surface area contributed by atoms with Gasteiger partial charge in [0, 0.05) is 32.7 Å². The minimum Gasteiger partial charge on any atom is -0.494 e. The van der Waals surface area contributed by atoms with Crippen LogP contribution in [0.2, 0.25) is 0 Å². The van der Waals surface area contributed by atoms with Gasteiger partial charge in [-0.3, -0.25) is 19.4 Å². The van der Waals surface area contributed by atoms with E-state index >= 15 is 0 Å². The highest BCUT2D eigenvalue weighted by molar-refractivity contribution is 6.22. The van der Waals surface area contributed by atoms with Crippen molar-refractivity contribution in [1.82, 2.24) is 9.80 Å². The summed E-state index contributed by atoms with van der Waals surface area (Å²) in [7, 11) is 0. The van der Waals surface area contributed by atoms with Gasteiger partial charge in [-0.15, -0.1) is 0 Å². The molecule has 6 heteroatoms. The quantitative estimate of drug-likeness (QED) is 0.351. The molecule has 0 aromatic heterocycles. The van der Waals surface area contributed by atoms with Gasteiger partial charge < -0.3 is 4.74 Å². The van der Waals surface area contributed by atoms with Crippen LogP contribution in [0.4, 0.5) is 5.69 Å². The molecule has 2 saturated heterocycles. The van der Waals surface area contributed by atoms with Crippen LogP contribution in [0.3, 0.4) is 0 Å². The summed E-state index contributed by atoms with van der Waals surface area (Å²) in [5.74, 6) is 0.542. The van der Waals surface area contributed by atoms with Crippen LogP contribution >= 0.6 is 0 Å². The summed E-state index contributed by atoms with van der Waals surface area (Å²) in [5, 5.41) is 0. The molecule has 35 heavy (non-hydrogen) atoms. The van der Waals surface area contributed by atoms with Crippen LogP contribution < -0.4 is 9.64 Å². The largest absolute Gasteiger partial charge is 0.494 e. The van der Waals surface area contributed by atoms with Crippen LogP contribution in [0.1, 0.15) is 44.6 Å². The summed E-state index contributed by atoms with van der Waals surface area (Å²) >= 11 is 0. The number of unbranched alkanes of at least 4 members (excludes halogenated alkanes) is 3. The van der Waals surface area contributed by atoms with Gasteiger partial charge in [0.1, 0.15) is 5.75 Å². The standard InChI is InChI=1S/C29H37N3O3/c1-2-3-4-8-22-35-26-15-13-25(14-16-26)32-28(33)23-27(29(32)34)31-20-18-30(19-21-31)17-9-12-24-10-6-5-7-11-24/h5-7,9-16,27H,2-4,8,17-23H2,1H3/b12-9+/t27-/m0/s1. The molecule has 6 nitrogen and oxygen atoms in total. The maximum atomic E-state index is 13.2. The van der Waals surface area contributed by atoms with Crippen LogP contribution in [0.5, 0.6) is 5.75 Å². The van der Waals surface area contributed by atoms with Gasteiger partial charge in [-0.1, -0.05) is 68.7 Å². The van der Waals surface area contributed by atoms with Gasteiger partial charge in [-0.05, 0) is 36.2 Å². The van der Waals surface area contributed by atoms with Crippen molar-refractivity contribution < 1.29 is 14.3 Å². The molecule has 2 aliphatic heterocycles. The number of ether oxygens (including phenoxy) is 1. The first-order valence-corrected chi connectivity index (χ1v) is 12.9. The highest BCUT2D eigenvalue weighted by Gasteiger charge is 2.43. The van der Waals surface area contributed by atoms with Crippen molar-refractivity contribution in [1.29, 1.82) is 0 Å². The second kappa shape index (κ2) is 12.7. The molecule has 2 amide bonds. The number of imide groups is 1. The number of carbonyl (C=O) groups is 2. The predicted octanol–water partition coefficient (Wildman–Crippen LogP) is 4.61. The van der Waals surface area contributed by atoms with Crippen LogP contribution in [0.15, 0.2) is 60.7 Å². The third-order valence-corrected chi connectivity index (χ3v) is 6.81. The van der Waals surface area contributed by atoms with E-state index in [1.54, 1.807) is 0 Å². The molecule has 0 aliphatic carbocycles. The second-order valence-corrected chi connectivity index (χ2v) is 9.34. The van der Waals surface area contributed by atoms with Gasteiger partial charge >= 0.3 is 0 Å². The maximum absolute atomic E-state index is 13.2. The predicted molar refractivity (Wildman–Crippen MR) is 140 cm³/mol. The van der Waals surface area contributed by atoms with E-state index in [-0.39, 0.29) is 24.3 Å². The Labute approximate surface area is 209 Å². The Morgan fingerprint density at radius 2 is 1.66 bits per heavy atom. The van der Waals surface area contributed by atoms with Crippen molar-refractivity contribution in [3.8, 4) is 5.75 Å². The number of hydrogen-bond donors (Lipinski definition) is 0. The molecule has 0 unspecified atom stereocenters. The fraction of sp³-hybridized carbons (Fsp3) is 0.448. The van der Waals surface area contributed by atoms with Gasteiger partial charge in [0.15, 0.2) is 0 Å². The monoisotopic (exact) mass is 475 g/mol. The summed E-state index contributed by atoms with van der Waals surface area (Å²) in [6.07, 6.45) is 9.23. The lowest BCUT2D eigenvalue weighted by Gasteiger charge is -2.36. The smallest absolute Gasteiger partial charge is 0.251 e. The highest BCUT2D eigenvalue weighted by Crippen LogP contribution is 2.28. The molecule has 4 rings (SSSR count). The van der Waals surface area contributed by atoms with E-state index in [2.05, 4.69) is 41.0 Å². The summed E-state index contributed by atoms with van der Waals surface area (Å²) in [6.45, 7) is 7.14. The molecule has 0 saturated carbocycles. The number of amides is 2. The van der Waals surface area contributed by atoms with Crippen molar-refractivity contribution in [2.24, 2.45) is 0 Å². The second-order valence-electron chi connectivity index (χ2n) is 9.34. The summed E-state index contributed by atoms with van der Waals surface area (Å²) in [5.41, 5.74) is 1.83. The number of benzene rings is 2. The van der Waals surface area contributed by atoms with E-state index in [1.807, 2.05) is 42.5 Å². The van der Waals surface area contributed by atoms with Crippen LogP contribution in [0, 0.1) is 0 Å². The third kappa shape index (κ3) is 6.80. The van der Waals surface area contributed by atoms with Gasteiger partial charge in [0.05, 0.1) is 24.8 Å². The van der Waals surface area contributed by atoms with Crippen LogP contribution in [-0.4, -0.2) is 67.0 Å². The van der Waals surface area contributed by atoms with Gasteiger partial charge in [0.2, 0.25) is 5.91 Å². The Morgan fingerprint density at radius 1 is 0.914 bits per heavy atom. The molecule has 2 aromatic rings. The molecule has 1 atom stereocenters. The van der Waals surface area contributed by atoms with E-state index < -0.39 is 0 Å². The number of nitrogens with zero attached hydrogens (tertiary/aromatic N) is 3. The van der Waals surface area contributed by atoms with E-state index in [9.17, 15) is 9.59 Å². The Kier molecular flexibility index (Phi) is 9.09. The number of anilines is 1. The van der Waals surface area contributed by atoms with Crippen molar-refractivity contribution in [3.05, 3.63) is 66.2 Å². The fourth-order valence-corrected chi connectivity index (χ4v) is 4.74. The third-order valence-electron chi connectivity index (χ3n) is 6.81. The van der Waals surface area contributed by atoms with Crippen molar-refractivity contribution in [2.45, 2.75) is 45.1 Å². The Morgan fingerprint density at radius 3 is 2.37 bits per heavy atom. The van der Waals surface area contributed by atoms with Crippen LogP contribution in [-0.2, 0) is 9.59 Å². The molecule has 2 aliphatic rings. The van der Waals surface area contributed by atoms with Gasteiger partial charge in [0.25, 0.3) is 5.91 Å². The molecular formula is C29H37N3O3. The van der Waals surface area contributed by atoms with E-state index in [1.165, 1.54) is 29.7 Å². The average molecular weight is 476 g/mol. The van der Waals surface area contributed by atoms with Crippen molar-refractivity contribution >= 4 is 23.6 Å². The maximum Gasteiger partial charge on any atom is 0.251 e. The highest BCUT2D eigenvalue weighted by atomic mass is 16.5. The molecule has 0 N–H and O–H groups in total. The first-order chi connectivity index (χ1) is 17.2. The lowest BCUT2D eigenvalue weighted by atomic mass is 10.1. The van der Waals surface area contributed by atoms with Crippen molar-refractivity contribution in [2.75, 3.05) is 44.2 Å². The average Bonchev–Trinajstić information content (AvgIpc) is 3.19. The lowest BCUT2D eigenvalue weighted by molar-refractivity contribution is -0.123. The summed E-state index contributed by atoms with van der Waals surface area (Å²) < 4.78 is 5.80. The molecular weight excluding hydrogens is 438 g/mol. The molecule has 2 aromatic carbocycles. The molecule has 0 radical (unpaired) electrons. The number of carbonyl (C=O) groups excluding carboxylic acids is 2. The minimum absolute atomic E-state index is 0.111. The first kappa shape index (κ1) is 25.1. The van der Waals surface area contributed by atoms with Gasteiger partial charge in [-0.25, -0.2) is 4.90 Å². The summed E-state index contributed by atoms with van der Waals surface area (Å²) in [4.78, 5) is 31.9. The molecule has 0 bridgehead atoms.